The molecule has 3 N–H and O–H groups in total. The topological polar surface area (TPSA) is 61.4 Å². The second-order valence-corrected chi connectivity index (χ2v) is 5.20. The van der Waals surface area contributed by atoms with E-state index in [0.717, 1.165) is 13.0 Å². The van der Waals surface area contributed by atoms with Crippen LogP contribution in [0.4, 0.5) is 0 Å². The van der Waals surface area contributed by atoms with Gasteiger partial charge in [-0.25, -0.2) is 0 Å². The number of carbonyl (C=O) groups excluding carboxylic acids is 1. The number of amides is 1. The van der Waals surface area contributed by atoms with Gasteiger partial charge in [-0.1, -0.05) is 13.8 Å². The molecule has 0 radical (unpaired) electrons. The van der Waals surface area contributed by atoms with E-state index in [1.807, 2.05) is 20.9 Å². The third kappa shape index (κ3) is 8.68. The standard InChI is InChI=1S/C12H26N2O2/c1-10(15)8-12(2,3)9-14-11(16)6-5-7-13-4/h10,13,15H,5-9H2,1-4H3,(H,14,16). The summed E-state index contributed by atoms with van der Waals surface area (Å²) in [4.78, 5) is 11.4. The minimum Gasteiger partial charge on any atom is -0.393 e. The zero-order valence-corrected chi connectivity index (χ0v) is 11.0. The van der Waals surface area contributed by atoms with Gasteiger partial charge in [0.25, 0.3) is 0 Å². The van der Waals surface area contributed by atoms with Crippen LogP contribution in [0.15, 0.2) is 0 Å². The lowest BCUT2D eigenvalue weighted by atomic mass is 9.87. The average molecular weight is 230 g/mol. The fourth-order valence-corrected chi connectivity index (χ4v) is 1.72. The molecule has 0 bridgehead atoms. The van der Waals surface area contributed by atoms with Crippen molar-refractivity contribution >= 4 is 5.91 Å². The molecule has 0 saturated carbocycles. The first-order chi connectivity index (χ1) is 7.37. The highest BCUT2D eigenvalue weighted by Crippen LogP contribution is 2.20. The number of carbonyl (C=O) groups is 1. The highest BCUT2D eigenvalue weighted by atomic mass is 16.3. The summed E-state index contributed by atoms with van der Waals surface area (Å²) in [5.41, 5.74) is -0.0488. The molecule has 0 aliphatic carbocycles. The Balaban J connectivity index is 3.72. The minimum absolute atomic E-state index is 0.0488. The van der Waals surface area contributed by atoms with Crippen LogP contribution in [-0.2, 0) is 4.79 Å². The summed E-state index contributed by atoms with van der Waals surface area (Å²) < 4.78 is 0. The van der Waals surface area contributed by atoms with Crippen LogP contribution in [0.1, 0.15) is 40.0 Å². The van der Waals surface area contributed by atoms with Crippen molar-refractivity contribution in [2.75, 3.05) is 20.1 Å². The Hall–Kier alpha value is -0.610. The Morgan fingerprint density at radius 1 is 1.44 bits per heavy atom. The maximum Gasteiger partial charge on any atom is 0.220 e. The van der Waals surface area contributed by atoms with E-state index in [0.29, 0.717) is 19.4 Å². The van der Waals surface area contributed by atoms with Crippen molar-refractivity contribution in [3.05, 3.63) is 0 Å². The number of aliphatic hydroxyl groups is 1. The van der Waals surface area contributed by atoms with Crippen molar-refractivity contribution in [3.63, 3.8) is 0 Å². The van der Waals surface area contributed by atoms with E-state index in [4.69, 9.17) is 0 Å². The largest absolute Gasteiger partial charge is 0.393 e. The average Bonchev–Trinajstić information content (AvgIpc) is 2.13. The van der Waals surface area contributed by atoms with Gasteiger partial charge in [0.2, 0.25) is 5.91 Å². The van der Waals surface area contributed by atoms with Crippen molar-refractivity contribution in [2.24, 2.45) is 5.41 Å². The van der Waals surface area contributed by atoms with Gasteiger partial charge in [-0.05, 0) is 38.8 Å². The molecule has 1 amide bonds. The van der Waals surface area contributed by atoms with Gasteiger partial charge in [0, 0.05) is 13.0 Å². The van der Waals surface area contributed by atoms with Gasteiger partial charge in [0.15, 0.2) is 0 Å². The van der Waals surface area contributed by atoms with Gasteiger partial charge in [0.05, 0.1) is 6.10 Å². The molecule has 0 spiro atoms. The van der Waals surface area contributed by atoms with E-state index in [1.165, 1.54) is 0 Å². The Labute approximate surface area is 98.8 Å². The van der Waals surface area contributed by atoms with Gasteiger partial charge in [-0.2, -0.15) is 0 Å². The molecule has 0 aromatic heterocycles. The monoisotopic (exact) mass is 230 g/mol. The zero-order chi connectivity index (χ0) is 12.6. The van der Waals surface area contributed by atoms with Crippen LogP contribution in [0.2, 0.25) is 0 Å². The molecule has 96 valence electrons. The molecule has 4 heteroatoms. The van der Waals surface area contributed by atoms with E-state index in [1.54, 1.807) is 6.92 Å². The third-order valence-corrected chi connectivity index (χ3v) is 2.44. The van der Waals surface area contributed by atoms with E-state index in [9.17, 15) is 9.90 Å². The molecular weight excluding hydrogens is 204 g/mol. The smallest absolute Gasteiger partial charge is 0.220 e. The highest BCUT2D eigenvalue weighted by molar-refractivity contribution is 5.75. The van der Waals surface area contributed by atoms with Crippen LogP contribution < -0.4 is 10.6 Å². The molecule has 0 fully saturated rings. The molecule has 0 aliphatic rings. The summed E-state index contributed by atoms with van der Waals surface area (Å²) in [5.74, 6) is 0.0916. The predicted molar refractivity (Wildman–Crippen MR) is 66.2 cm³/mol. The van der Waals surface area contributed by atoms with Gasteiger partial charge in [-0.15, -0.1) is 0 Å². The van der Waals surface area contributed by atoms with E-state index >= 15 is 0 Å². The van der Waals surface area contributed by atoms with Crippen molar-refractivity contribution in [2.45, 2.75) is 46.1 Å². The Morgan fingerprint density at radius 3 is 2.56 bits per heavy atom. The lowest BCUT2D eigenvalue weighted by Crippen LogP contribution is -2.35. The summed E-state index contributed by atoms with van der Waals surface area (Å²) in [7, 11) is 1.88. The molecule has 0 rings (SSSR count). The molecular formula is C12H26N2O2. The molecule has 0 aromatic carbocycles. The van der Waals surface area contributed by atoms with Gasteiger partial charge >= 0.3 is 0 Å². The minimum atomic E-state index is -0.323. The van der Waals surface area contributed by atoms with E-state index in [-0.39, 0.29) is 17.4 Å². The first kappa shape index (κ1) is 15.4. The highest BCUT2D eigenvalue weighted by Gasteiger charge is 2.20. The van der Waals surface area contributed by atoms with Gasteiger partial charge in [0.1, 0.15) is 0 Å². The SMILES string of the molecule is CNCCCC(=O)NCC(C)(C)CC(C)O. The van der Waals surface area contributed by atoms with Crippen LogP contribution in [0.3, 0.4) is 0 Å². The van der Waals surface area contributed by atoms with Crippen molar-refractivity contribution in [1.29, 1.82) is 0 Å². The molecule has 0 heterocycles. The lowest BCUT2D eigenvalue weighted by Gasteiger charge is -2.26. The van der Waals surface area contributed by atoms with Crippen molar-refractivity contribution in [1.82, 2.24) is 10.6 Å². The maximum absolute atomic E-state index is 11.4. The van der Waals surface area contributed by atoms with E-state index < -0.39 is 0 Å². The van der Waals surface area contributed by atoms with Crippen molar-refractivity contribution in [3.8, 4) is 0 Å². The number of hydrogen-bond acceptors (Lipinski definition) is 3. The molecule has 1 unspecified atom stereocenters. The van der Waals surface area contributed by atoms with Gasteiger partial charge in [-0.3, -0.25) is 4.79 Å². The summed E-state index contributed by atoms with van der Waals surface area (Å²) in [6.45, 7) is 7.36. The number of aliphatic hydroxyl groups excluding tert-OH is 1. The van der Waals surface area contributed by atoms with Crippen LogP contribution >= 0.6 is 0 Å². The Kier molecular flexibility index (Phi) is 7.34. The predicted octanol–water partition coefficient (Wildman–Crippen LogP) is 0.899. The molecule has 1 atom stereocenters. The summed E-state index contributed by atoms with van der Waals surface area (Å²) >= 11 is 0. The molecule has 0 saturated heterocycles. The van der Waals surface area contributed by atoms with Crippen LogP contribution in [0, 0.1) is 5.41 Å². The molecule has 0 aliphatic heterocycles. The summed E-state index contributed by atoms with van der Waals surface area (Å²) in [6.07, 6.45) is 1.80. The first-order valence-corrected chi connectivity index (χ1v) is 5.97. The van der Waals surface area contributed by atoms with Gasteiger partial charge < -0.3 is 15.7 Å². The molecule has 16 heavy (non-hydrogen) atoms. The second kappa shape index (κ2) is 7.63. The molecule has 0 aromatic rings. The first-order valence-electron chi connectivity index (χ1n) is 5.97. The fraction of sp³-hybridized carbons (Fsp3) is 0.917. The summed E-state index contributed by atoms with van der Waals surface area (Å²) in [5, 5.41) is 15.2. The lowest BCUT2D eigenvalue weighted by molar-refractivity contribution is -0.121. The number of nitrogens with one attached hydrogen (secondary N) is 2. The fourth-order valence-electron chi connectivity index (χ4n) is 1.72. The normalized spacial score (nSPS) is 13.6. The Morgan fingerprint density at radius 2 is 2.06 bits per heavy atom. The van der Waals surface area contributed by atoms with Crippen LogP contribution in [0.5, 0.6) is 0 Å². The Bertz CT molecular complexity index is 203. The third-order valence-electron chi connectivity index (χ3n) is 2.44. The molecule has 4 nitrogen and oxygen atoms in total. The maximum atomic E-state index is 11.4. The number of rotatable bonds is 8. The van der Waals surface area contributed by atoms with Crippen molar-refractivity contribution < 1.29 is 9.90 Å². The summed E-state index contributed by atoms with van der Waals surface area (Å²) in [6, 6.07) is 0. The quantitative estimate of drug-likeness (QED) is 0.543. The second-order valence-electron chi connectivity index (χ2n) is 5.20. The van der Waals surface area contributed by atoms with E-state index in [2.05, 4.69) is 10.6 Å². The zero-order valence-electron chi connectivity index (χ0n) is 11.0. The van der Waals surface area contributed by atoms with Crippen LogP contribution in [0.25, 0.3) is 0 Å². The van der Waals surface area contributed by atoms with Crippen LogP contribution in [-0.4, -0.2) is 37.3 Å². The number of hydrogen-bond donors (Lipinski definition) is 3.